The van der Waals surface area contributed by atoms with Gasteiger partial charge in [-0.1, -0.05) is 67.1 Å². The predicted molar refractivity (Wildman–Crippen MR) is 255 cm³/mol. The van der Waals surface area contributed by atoms with Crippen LogP contribution in [0, 0.1) is 0 Å². The monoisotopic (exact) mass is 943 g/mol. The molecule has 2 aliphatic heterocycles. The average molecular weight is 944 g/mol. The van der Waals surface area contributed by atoms with Crippen molar-refractivity contribution in [2.75, 3.05) is 25.5 Å². The number of nitrogens with one attached hydrogen (secondary N) is 6. The number of hydrogen-bond acceptors (Lipinski definition) is 10. The summed E-state index contributed by atoms with van der Waals surface area (Å²) in [5.74, 6) is -4.72. The standard InChI is InChI=1S/C50H54ClN9O8/c1-27-26-68-42-19-15-34-23-39(42)38-21-30(8-18-37(27)38)22-41(47(64)55-28(2)44(61)49(66)57-36-24-53-54-25-36)59-45(62)29(3)56-48(65)43(34)60(4)50(67)40(7-5-6-20-52)58-46(63)33-11-9-31(10-12-33)32-13-16-35(51)17-14-32/h8-19,21,23-25,27-29,40-41,43H,5-7,20,22,26,52H2,1-4H3,(H,53,54)(H,55,64)(H,56,65)(H,57,66)(H,58,63)(H,59,62). The number of carbonyl (C=O) groups excluding carboxylic acids is 7. The number of carbonyl (C=O) groups is 7. The molecule has 0 fully saturated rings. The first-order valence-electron chi connectivity index (χ1n) is 22.4. The van der Waals surface area contributed by atoms with Gasteiger partial charge < -0.3 is 42.0 Å². The molecule has 17 nitrogen and oxygen atoms in total. The summed E-state index contributed by atoms with van der Waals surface area (Å²) >= 11 is 6.07. The van der Waals surface area contributed by atoms with Crippen molar-refractivity contribution < 1.29 is 38.3 Å². The van der Waals surface area contributed by atoms with Gasteiger partial charge in [-0.2, -0.15) is 5.10 Å². The van der Waals surface area contributed by atoms with Crippen LogP contribution in [-0.2, 0) is 35.2 Å². The van der Waals surface area contributed by atoms with Crippen molar-refractivity contribution in [2.45, 2.75) is 82.6 Å². The summed E-state index contributed by atoms with van der Waals surface area (Å²) in [6.45, 7) is 5.51. The van der Waals surface area contributed by atoms with Gasteiger partial charge in [0, 0.05) is 41.7 Å². The van der Waals surface area contributed by atoms with E-state index in [2.05, 4.69) is 36.8 Å². The lowest BCUT2D eigenvalue weighted by Crippen LogP contribution is -2.57. The highest BCUT2D eigenvalue weighted by Crippen LogP contribution is 2.42. The van der Waals surface area contributed by atoms with Crippen molar-refractivity contribution in [3.63, 3.8) is 0 Å². The van der Waals surface area contributed by atoms with Crippen LogP contribution in [0.25, 0.3) is 22.3 Å². The van der Waals surface area contributed by atoms with Crippen LogP contribution in [-0.4, -0.2) is 101 Å². The highest BCUT2D eigenvalue weighted by atomic mass is 35.5. The first kappa shape index (κ1) is 48.6. The van der Waals surface area contributed by atoms with Crippen LogP contribution in [0.3, 0.4) is 0 Å². The Morgan fingerprint density at radius 3 is 2.29 bits per heavy atom. The molecule has 3 heterocycles. The van der Waals surface area contributed by atoms with Gasteiger partial charge in [0.15, 0.2) is 0 Å². The van der Waals surface area contributed by atoms with Crippen molar-refractivity contribution in [1.82, 2.24) is 36.4 Å². The number of aromatic nitrogens is 2. The summed E-state index contributed by atoms with van der Waals surface area (Å²) in [7, 11) is 1.47. The number of anilines is 1. The zero-order valence-electron chi connectivity index (χ0n) is 38.1. The summed E-state index contributed by atoms with van der Waals surface area (Å²) in [6, 6.07) is 18.9. The minimum Gasteiger partial charge on any atom is -0.492 e. The van der Waals surface area contributed by atoms with Gasteiger partial charge in [-0.25, -0.2) is 0 Å². The summed E-state index contributed by atoms with van der Waals surface area (Å²) < 4.78 is 6.29. The molecule has 6 unspecified atom stereocenters. The Bertz CT molecular complexity index is 2690. The zero-order valence-corrected chi connectivity index (χ0v) is 38.8. The third-order valence-electron chi connectivity index (χ3n) is 12.2. The number of H-pyrrole nitrogens is 1. The third-order valence-corrected chi connectivity index (χ3v) is 12.4. The number of hydrogen-bond donors (Lipinski definition) is 7. The second-order valence-corrected chi connectivity index (χ2v) is 17.6. The number of rotatable bonds is 14. The second-order valence-electron chi connectivity index (χ2n) is 17.2. The number of Topliss-reactive ketones (excluding diaryl/α,β-unsaturated/α-hetero) is 1. The molecule has 1 aromatic heterocycles. The van der Waals surface area contributed by atoms with Crippen molar-refractivity contribution >= 4 is 58.5 Å². The highest BCUT2D eigenvalue weighted by Gasteiger charge is 2.37. The maximum atomic E-state index is 14.8. The molecule has 354 valence electrons. The number of fused-ring (bicyclic) bond motifs is 2. The number of ether oxygens (including phenoxy) is 1. The quantitative estimate of drug-likeness (QED) is 0.0604. The summed E-state index contributed by atoms with van der Waals surface area (Å²) in [5, 5.41) is 20.2. The summed E-state index contributed by atoms with van der Waals surface area (Å²) in [6.07, 6.45) is 3.97. The maximum Gasteiger partial charge on any atom is 0.294 e. The van der Waals surface area contributed by atoms with Crippen LogP contribution in [0.15, 0.2) is 97.3 Å². The lowest BCUT2D eigenvalue weighted by Gasteiger charge is -2.32. The average Bonchev–Trinajstić information content (AvgIpc) is 3.80. The minimum atomic E-state index is -1.33. The fraction of sp³-hybridized carbons (Fsp3) is 0.320. The molecule has 8 N–H and O–H groups in total. The second kappa shape index (κ2) is 21.5. The predicted octanol–water partition coefficient (Wildman–Crippen LogP) is 4.58. The number of nitrogens with zero attached hydrogens (tertiary/aromatic N) is 2. The van der Waals surface area contributed by atoms with Gasteiger partial charge in [0.1, 0.15) is 29.9 Å². The molecule has 18 heteroatoms. The van der Waals surface area contributed by atoms with E-state index >= 15 is 0 Å². The normalized spacial score (nSPS) is 18.6. The number of aromatic amines is 1. The van der Waals surface area contributed by atoms with E-state index in [4.69, 9.17) is 22.1 Å². The van der Waals surface area contributed by atoms with E-state index in [0.717, 1.165) is 22.3 Å². The number of likely N-dealkylation sites (N-methyl/N-ethyl adjacent to an activating group) is 1. The molecule has 0 saturated heterocycles. The van der Waals surface area contributed by atoms with E-state index in [1.54, 1.807) is 54.6 Å². The van der Waals surface area contributed by atoms with E-state index in [0.29, 0.717) is 59.0 Å². The fourth-order valence-corrected chi connectivity index (χ4v) is 8.44. The molecule has 5 aromatic rings. The largest absolute Gasteiger partial charge is 0.492 e. The third kappa shape index (κ3) is 11.2. The Kier molecular flexibility index (Phi) is 15.4. The first-order valence-corrected chi connectivity index (χ1v) is 22.8. The van der Waals surface area contributed by atoms with E-state index in [1.807, 2.05) is 37.3 Å². The van der Waals surface area contributed by atoms with Crippen LogP contribution in [0.2, 0.25) is 5.02 Å². The van der Waals surface area contributed by atoms with Gasteiger partial charge >= 0.3 is 0 Å². The van der Waals surface area contributed by atoms with Crippen LogP contribution in [0.5, 0.6) is 5.75 Å². The lowest BCUT2D eigenvalue weighted by atomic mass is 9.88. The molecule has 0 radical (unpaired) electrons. The number of amides is 6. The van der Waals surface area contributed by atoms with Crippen LogP contribution >= 0.6 is 11.6 Å². The molecule has 6 amide bonds. The number of nitrogens with two attached hydrogens (primary N) is 1. The van der Waals surface area contributed by atoms with Crippen LogP contribution in [0.1, 0.15) is 79.0 Å². The van der Waals surface area contributed by atoms with Gasteiger partial charge in [-0.3, -0.25) is 38.7 Å². The van der Waals surface area contributed by atoms with Gasteiger partial charge in [-0.05, 0) is 109 Å². The molecule has 6 atom stereocenters. The zero-order chi connectivity index (χ0) is 48.6. The SMILES string of the molecule is CC1NC(=O)C(N(C)C(=O)C(CCCCN)NC(=O)c2ccc(-c3ccc(Cl)cc3)cc2)c2ccc3c(c2)-c2cc(ccc2C(C)CO3)CC(C(=O)NC(C)C(=O)C(=O)Nc2cn[nH]c2)NC1=O. The summed E-state index contributed by atoms with van der Waals surface area (Å²) in [4.78, 5) is 98.3. The topological polar surface area (TPSA) is 247 Å². The number of halogens is 1. The van der Waals surface area contributed by atoms with Crippen LogP contribution < -0.4 is 37.1 Å². The lowest BCUT2D eigenvalue weighted by molar-refractivity contribution is -0.141. The van der Waals surface area contributed by atoms with Crippen molar-refractivity contribution in [1.29, 1.82) is 0 Å². The number of ketones is 1. The molecule has 2 aliphatic rings. The molecule has 0 spiro atoms. The number of benzene rings is 4. The van der Waals surface area contributed by atoms with Crippen molar-refractivity contribution in [3.05, 3.63) is 125 Å². The van der Waals surface area contributed by atoms with E-state index in [1.165, 1.54) is 38.2 Å². The minimum absolute atomic E-state index is 0.0263. The summed E-state index contributed by atoms with van der Waals surface area (Å²) in [5.41, 5.74) is 11.6. The Balaban J connectivity index is 1.19. The Morgan fingerprint density at radius 1 is 0.882 bits per heavy atom. The van der Waals surface area contributed by atoms with Gasteiger partial charge in [0.25, 0.3) is 11.8 Å². The molecule has 0 saturated carbocycles. The van der Waals surface area contributed by atoms with E-state index < -0.39 is 71.4 Å². The molecular formula is C50H54ClN9O8. The van der Waals surface area contributed by atoms with E-state index in [9.17, 15) is 33.6 Å². The Morgan fingerprint density at radius 2 is 1.60 bits per heavy atom. The number of unbranched alkanes of at least 4 members (excludes halogenated alkanes) is 1. The van der Waals surface area contributed by atoms with E-state index in [-0.39, 0.29) is 24.4 Å². The van der Waals surface area contributed by atoms with Gasteiger partial charge in [0.05, 0.1) is 24.5 Å². The van der Waals surface area contributed by atoms with Crippen molar-refractivity contribution in [2.24, 2.45) is 5.73 Å². The van der Waals surface area contributed by atoms with Gasteiger partial charge in [-0.15, -0.1) is 0 Å². The first-order chi connectivity index (χ1) is 32.6. The molecule has 4 bridgehead atoms. The molecule has 68 heavy (non-hydrogen) atoms. The highest BCUT2D eigenvalue weighted by molar-refractivity contribution is 6.42. The molecule has 0 aliphatic carbocycles. The van der Waals surface area contributed by atoms with Crippen molar-refractivity contribution in [3.8, 4) is 28.0 Å². The Hall–Kier alpha value is -7.37. The molecular weight excluding hydrogens is 890 g/mol. The van der Waals surface area contributed by atoms with Gasteiger partial charge in [0.2, 0.25) is 29.4 Å². The smallest absolute Gasteiger partial charge is 0.294 e. The fourth-order valence-electron chi connectivity index (χ4n) is 8.31. The Labute approximate surface area is 398 Å². The molecule has 4 aromatic carbocycles. The maximum absolute atomic E-state index is 14.8. The molecule has 7 rings (SSSR count). The van der Waals surface area contributed by atoms with Crippen LogP contribution in [0.4, 0.5) is 5.69 Å².